The molecule has 0 aliphatic heterocycles. The lowest BCUT2D eigenvalue weighted by Crippen LogP contribution is -2.15. The third-order valence-electron chi connectivity index (χ3n) is 3.41. The largest absolute Gasteiger partial charge is 0.506 e. The highest BCUT2D eigenvalue weighted by molar-refractivity contribution is 6.06. The molecule has 0 atom stereocenters. The Balaban J connectivity index is 2.31. The topological polar surface area (TPSA) is 133 Å². The third kappa shape index (κ3) is 3.83. The Bertz CT molecular complexity index is 863. The van der Waals surface area contributed by atoms with Crippen molar-refractivity contribution in [2.45, 2.75) is 0 Å². The summed E-state index contributed by atoms with van der Waals surface area (Å²) < 4.78 is 0. The summed E-state index contributed by atoms with van der Waals surface area (Å²) in [5, 5.41) is 32.2. The number of phenolic OH excluding ortho intramolecular Hbond substituents is 1. The van der Waals surface area contributed by atoms with Crippen LogP contribution in [-0.4, -0.2) is 41.1 Å². The normalized spacial score (nSPS) is 10.2. The highest BCUT2D eigenvalue weighted by atomic mass is 16.6. The first kappa shape index (κ1) is 17.7. The molecule has 2 rings (SSSR count). The summed E-state index contributed by atoms with van der Waals surface area (Å²) in [6.07, 6.45) is 0. The molecule has 25 heavy (non-hydrogen) atoms. The van der Waals surface area contributed by atoms with E-state index in [1.807, 2.05) is 0 Å². The van der Waals surface area contributed by atoms with E-state index in [0.29, 0.717) is 5.69 Å². The smallest absolute Gasteiger partial charge is 0.335 e. The van der Waals surface area contributed by atoms with Crippen molar-refractivity contribution in [3.63, 3.8) is 0 Å². The minimum Gasteiger partial charge on any atom is -0.506 e. The summed E-state index contributed by atoms with van der Waals surface area (Å²) in [6, 6.07) is 7.44. The Morgan fingerprint density at radius 1 is 1.12 bits per heavy atom. The molecule has 0 unspecified atom stereocenters. The number of nitrogens with one attached hydrogen (secondary N) is 1. The predicted molar refractivity (Wildman–Crippen MR) is 90.4 cm³/mol. The van der Waals surface area contributed by atoms with Crippen molar-refractivity contribution in [2.75, 3.05) is 24.3 Å². The summed E-state index contributed by atoms with van der Waals surface area (Å²) >= 11 is 0. The number of hydrogen-bond acceptors (Lipinski definition) is 6. The molecule has 9 heteroatoms. The van der Waals surface area contributed by atoms with Gasteiger partial charge in [-0.3, -0.25) is 14.9 Å². The molecule has 1 amide bonds. The van der Waals surface area contributed by atoms with Crippen LogP contribution in [0, 0.1) is 10.1 Å². The van der Waals surface area contributed by atoms with Crippen molar-refractivity contribution in [1.29, 1.82) is 0 Å². The quantitative estimate of drug-likeness (QED) is 0.430. The number of anilines is 2. The van der Waals surface area contributed by atoms with E-state index in [1.54, 1.807) is 19.0 Å². The van der Waals surface area contributed by atoms with E-state index in [1.165, 1.54) is 24.3 Å². The Hall–Kier alpha value is -3.62. The molecule has 130 valence electrons. The Morgan fingerprint density at radius 2 is 1.76 bits per heavy atom. The first-order valence-corrected chi connectivity index (χ1v) is 7.04. The van der Waals surface area contributed by atoms with Crippen LogP contribution in [0.15, 0.2) is 36.4 Å². The molecule has 0 aliphatic carbocycles. The molecule has 2 aromatic carbocycles. The van der Waals surface area contributed by atoms with Crippen LogP contribution in [-0.2, 0) is 0 Å². The molecule has 0 aromatic heterocycles. The van der Waals surface area contributed by atoms with Gasteiger partial charge in [0.25, 0.3) is 11.6 Å². The molecule has 3 N–H and O–H groups in total. The summed E-state index contributed by atoms with van der Waals surface area (Å²) in [4.78, 5) is 35.2. The number of carboxylic acid groups (broad SMARTS) is 1. The van der Waals surface area contributed by atoms with Crippen molar-refractivity contribution in [3.05, 3.63) is 57.6 Å². The number of rotatable bonds is 5. The molecular formula is C16H15N3O6. The number of carbonyl (C=O) groups excluding carboxylic acids is 1. The van der Waals surface area contributed by atoms with E-state index in [2.05, 4.69) is 5.32 Å². The average Bonchev–Trinajstić information content (AvgIpc) is 2.55. The number of hydrogen-bond donors (Lipinski definition) is 3. The summed E-state index contributed by atoms with van der Waals surface area (Å²) in [5.74, 6) is -2.32. The van der Waals surface area contributed by atoms with Gasteiger partial charge in [-0.25, -0.2) is 4.79 Å². The number of nitro groups is 1. The number of benzene rings is 2. The molecule has 0 spiro atoms. The van der Waals surface area contributed by atoms with Gasteiger partial charge in [-0.2, -0.15) is 0 Å². The van der Waals surface area contributed by atoms with E-state index >= 15 is 0 Å². The van der Waals surface area contributed by atoms with E-state index in [0.717, 1.165) is 12.1 Å². The van der Waals surface area contributed by atoms with Gasteiger partial charge < -0.3 is 20.4 Å². The van der Waals surface area contributed by atoms with E-state index in [9.17, 15) is 24.8 Å². The van der Waals surface area contributed by atoms with Crippen LogP contribution in [0.2, 0.25) is 0 Å². The lowest BCUT2D eigenvalue weighted by atomic mass is 10.1. The van der Waals surface area contributed by atoms with Crippen LogP contribution < -0.4 is 10.2 Å². The monoisotopic (exact) mass is 345 g/mol. The third-order valence-corrected chi connectivity index (χ3v) is 3.41. The van der Waals surface area contributed by atoms with Gasteiger partial charge in [-0.05, 0) is 30.3 Å². The van der Waals surface area contributed by atoms with Crippen molar-refractivity contribution >= 4 is 28.9 Å². The van der Waals surface area contributed by atoms with Crippen LogP contribution in [0.4, 0.5) is 17.1 Å². The highest BCUT2D eigenvalue weighted by Crippen LogP contribution is 2.29. The summed E-state index contributed by atoms with van der Waals surface area (Å²) in [6.45, 7) is 0. The maximum absolute atomic E-state index is 12.3. The molecular weight excluding hydrogens is 330 g/mol. The Labute approximate surface area is 142 Å². The van der Waals surface area contributed by atoms with E-state index in [-0.39, 0.29) is 22.5 Å². The maximum atomic E-state index is 12.3. The van der Waals surface area contributed by atoms with Crippen molar-refractivity contribution in [1.82, 2.24) is 0 Å². The summed E-state index contributed by atoms with van der Waals surface area (Å²) in [7, 11) is 3.29. The van der Waals surface area contributed by atoms with Crippen LogP contribution in [0.3, 0.4) is 0 Å². The van der Waals surface area contributed by atoms with Crippen LogP contribution in [0.1, 0.15) is 20.7 Å². The number of aromatic hydroxyl groups is 1. The number of amides is 1. The molecule has 0 bridgehead atoms. The number of nitro benzene ring substituents is 1. The fraction of sp³-hybridized carbons (Fsp3) is 0.125. The molecule has 0 heterocycles. The lowest BCUT2D eigenvalue weighted by Gasteiger charge is -2.13. The van der Waals surface area contributed by atoms with Gasteiger partial charge in [0.1, 0.15) is 11.4 Å². The fourth-order valence-electron chi connectivity index (χ4n) is 2.15. The van der Waals surface area contributed by atoms with Crippen molar-refractivity contribution in [3.8, 4) is 5.75 Å². The predicted octanol–water partition coefficient (Wildman–Crippen LogP) is 2.32. The second kappa shape index (κ2) is 6.87. The van der Waals surface area contributed by atoms with E-state index < -0.39 is 22.5 Å². The van der Waals surface area contributed by atoms with Crippen LogP contribution >= 0.6 is 0 Å². The minimum atomic E-state index is -1.22. The second-order valence-electron chi connectivity index (χ2n) is 5.35. The molecule has 0 saturated heterocycles. The number of nitrogens with zero attached hydrogens (tertiary/aromatic N) is 2. The zero-order valence-electron chi connectivity index (χ0n) is 13.4. The van der Waals surface area contributed by atoms with Gasteiger partial charge >= 0.3 is 5.97 Å². The fourth-order valence-corrected chi connectivity index (χ4v) is 2.15. The first-order valence-electron chi connectivity index (χ1n) is 7.04. The molecule has 0 aliphatic rings. The number of phenols is 1. The van der Waals surface area contributed by atoms with Gasteiger partial charge in [-0.1, -0.05) is 0 Å². The molecule has 2 aromatic rings. The molecule has 0 saturated carbocycles. The van der Waals surface area contributed by atoms with Gasteiger partial charge in [0.15, 0.2) is 0 Å². The Morgan fingerprint density at radius 3 is 2.28 bits per heavy atom. The summed E-state index contributed by atoms with van der Waals surface area (Å²) in [5.41, 5.74) is -0.00636. The first-order chi connectivity index (χ1) is 11.7. The average molecular weight is 345 g/mol. The SMILES string of the molecule is CN(C)c1ccc(C(=O)Nc2ccc(C(=O)O)cc2O)cc1[N+](=O)[O-]. The standard InChI is InChI=1S/C16H15N3O6/c1-18(2)12-6-4-9(7-13(12)19(24)25)15(21)17-11-5-3-10(16(22)23)8-14(11)20/h3-8,20H,1-2H3,(H,17,21)(H,22,23). The van der Waals surface area contributed by atoms with E-state index in [4.69, 9.17) is 5.11 Å². The minimum absolute atomic E-state index is 0.00524. The van der Waals surface area contributed by atoms with Crippen LogP contribution in [0.25, 0.3) is 0 Å². The zero-order chi connectivity index (χ0) is 18.7. The second-order valence-corrected chi connectivity index (χ2v) is 5.35. The number of aromatic carboxylic acids is 1. The lowest BCUT2D eigenvalue weighted by molar-refractivity contribution is -0.384. The molecule has 9 nitrogen and oxygen atoms in total. The maximum Gasteiger partial charge on any atom is 0.335 e. The number of carboxylic acids is 1. The van der Waals surface area contributed by atoms with Gasteiger partial charge in [0, 0.05) is 25.7 Å². The molecule has 0 radical (unpaired) electrons. The van der Waals surface area contributed by atoms with Gasteiger partial charge in [0.05, 0.1) is 16.2 Å². The van der Waals surface area contributed by atoms with Gasteiger partial charge in [0.2, 0.25) is 0 Å². The Kier molecular flexibility index (Phi) is 4.87. The van der Waals surface area contributed by atoms with Crippen molar-refractivity contribution < 1.29 is 24.7 Å². The molecule has 0 fully saturated rings. The van der Waals surface area contributed by atoms with Gasteiger partial charge in [-0.15, -0.1) is 0 Å². The van der Waals surface area contributed by atoms with Crippen molar-refractivity contribution in [2.24, 2.45) is 0 Å². The number of carbonyl (C=O) groups is 2. The highest BCUT2D eigenvalue weighted by Gasteiger charge is 2.19. The zero-order valence-corrected chi connectivity index (χ0v) is 13.4. The van der Waals surface area contributed by atoms with Crippen LogP contribution in [0.5, 0.6) is 5.75 Å².